The predicted octanol–water partition coefficient (Wildman–Crippen LogP) is 6.62. The topological polar surface area (TPSA) is 43.5 Å². The Hall–Kier alpha value is -2.30. The van der Waals surface area contributed by atoms with E-state index in [0.29, 0.717) is 13.2 Å². The second-order valence-electron chi connectivity index (χ2n) is 11.8. The maximum atomic E-state index is 6.14. The Bertz CT molecular complexity index is 975. The summed E-state index contributed by atoms with van der Waals surface area (Å²) in [5.41, 5.74) is 7.23. The van der Waals surface area contributed by atoms with Crippen LogP contribution in [0.1, 0.15) is 74.9 Å². The first-order chi connectivity index (χ1) is 15.9. The molecule has 0 aromatic heterocycles. The van der Waals surface area contributed by atoms with Crippen molar-refractivity contribution in [3.8, 4) is 11.5 Å². The van der Waals surface area contributed by atoms with Gasteiger partial charge < -0.3 is 18.9 Å². The molecule has 2 atom stereocenters. The number of hydrogen-bond acceptors (Lipinski definition) is 4. The summed E-state index contributed by atoms with van der Waals surface area (Å²) in [5, 5.41) is 0. The summed E-state index contributed by atoms with van der Waals surface area (Å²) in [4.78, 5) is 0. The highest BCUT2D eigenvalue weighted by Crippen LogP contribution is 2.37. The van der Waals surface area contributed by atoms with Crippen LogP contribution in [-0.4, -0.2) is 38.6 Å². The van der Waals surface area contributed by atoms with Crippen molar-refractivity contribution in [3.63, 3.8) is 0 Å². The highest BCUT2D eigenvalue weighted by Gasteiger charge is 2.27. The van der Waals surface area contributed by atoms with Gasteiger partial charge in [-0.2, -0.15) is 0 Å². The van der Waals surface area contributed by atoms with Crippen LogP contribution in [0.5, 0.6) is 11.5 Å². The van der Waals surface area contributed by atoms with E-state index in [0.717, 1.165) is 24.7 Å². The van der Waals surface area contributed by atoms with Gasteiger partial charge in [-0.1, -0.05) is 53.7 Å². The standard InChI is InChI=1S/C30H40O4/c1-19-11-27(33-17-23-15-31-23)25(29(3,4)5)13-21(19)9-10-22-14-26(30(6,7)8)28(12-20(22)2)34-18-24-16-32-24/h9-14,23-24H,15-18H2,1-8H3. The molecule has 2 heterocycles. The lowest BCUT2D eigenvalue weighted by Gasteiger charge is -2.25. The molecule has 0 saturated carbocycles. The largest absolute Gasteiger partial charge is 0.490 e. The van der Waals surface area contributed by atoms with Gasteiger partial charge in [-0.15, -0.1) is 0 Å². The van der Waals surface area contributed by atoms with Gasteiger partial charge in [0.05, 0.1) is 13.2 Å². The third-order valence-electron chi connectivity index (χ3n) is 6.45. The fourth-order valence-electron chi connectivity index (χ4n) is 4.04. The average Bonchev–Trinajstić information content (AvgIpc) is 3.64. The first-order valence-electron chi connectivity index (χ1n) is 12.4. The molecule has 0 amide bonds. The van der Waals surface area contributed by atoms with E-state index in [9.17, 15) is 0 Å². The number of rotatable bonds is 8. The van der Waals surface area contributed by atoms with Gasteiger partial charge in [-0.05, 0) is 71.2 Å². The zero-order valence-corrected chi connectivity index (χ0v) is 22.1. The Morgan fingerprint density at radius 3 is 1.35 bits per heavy atom. The molecule has 4 heteroatoms. The second kappa shape index (κ2) is 9.39. The van der Waals surface area contributed by atoms with Crippen LogP contribution in [0.25, 0.3) is 12.2 Å². The fraction of sp³-hybridized carbons (Fsp3) is 0.533. The minimum Gasteiger partial charge on any atom is -0.490 e. The van der Waals surface area contributed by atoms with Crippen LogP contribution in [0.3, 0.4) is 0 Å². The molecule has 0 bridgehead atoms. The Balaban J connectivity index is 1.64. The lowest BCUT2D eigenvalue weighted by atomic mass is 9.83. The fourth-order valence-corrected chi connectivity index (χ4v) is 4.04. The van der Waals surface area contributed by atoms with Gasteiger partial charge >= 0.3 is 0 Å². The molecule has 2 saturated heterocycles. The van der Waals surface area contributed by atoms with Crippen molar-refractivity contribution in [2.45, 2.75) is 78.4 Å². The van der Waals surface area contributed by atoms with Crippen LogP contribution < -0.4 is 9.47 Å². The van der Waals surface area contributed by atoms with Crippen molar-refractivity contribution in [1.29, 1.82) is 0 Å². The molecule has 184 valence electrons. The minimum absolute atomic E-state index is 0.0182. The first-order valence-corrected chi connectivity index (χ1v) is 12.4. The third-order valence-corrected chi connectivity index (χ3v) is 6.45. The normalized spacial score (nSPS) is 20.0. The molecule has 0 spiro atoms. The molecule has 2 fully saturated rings. The number of epoxide rings is 2. The molecule has 34 heavy (non-hydrogen) atoms. The Morgan fingerprint density at radius 2 is 1.06 bits per heavy atom. The summed E-state index contributed by atoms with van der Waals surface area (Å²) in [7, 11) is 0. The number of aryl methyl sites for hydroxylation is 2. The van der Waals surface area contributed by atoms with E-state index in [2.05, 4.69) is 91.8 Å². The van der Waals surface area contributed by atoms with Crippen molar-refractivity contribution in [1.82, 2.24) is 0 Å². The van der Waals surface area contributed by atoms with Crippen molar-refractivity contribution < 1.29 is 18.9 Å². The molecule has 4 rings (SSSR count). The Morgan fingerprint density at radius 1 is 0.706 bits per heavy atom. The van der Waals surface area contributed by atoms with Gasteiger partial charge in [0.25, 0.3) is 0 Å². The first kappa shape index (κ1) is 24.8. The second-order valence-corrected chi connectivity index (χ2v) is 11.8. The zero-order valence-electron chi connectivity index (χ0n) is 22.1. The average molecular weight is 465 g/mol. The molecule has 0 radical (unpaired) electrons. The van der Waals surface area contributed by atoms with Crippen LogP contribution in [-0.2, 0) is 20.3 Å². The summed E-state index contributed by atoms with van der Waals surface area (Å²) in [6, 6.07) is 8.91. The predicted molar refractivity (Wildman–Crippen MR) is 139 cm³/mol. The van der Waals surface area contributed by atoms with Crippen LogP contribution in [0.4, 0.5) is 0 Å². The lowest BCUT2D eigenvalue weighted by Crippen LogP contribution is -2.16. The van der Waals surface area contributed by atoms with Crippen molar-refractivity contribution in [2.75, 3.05) is 26.4 Å². The van der Waals surface area contributed by atoms with E-state index in [1.165, 1.54) is 33.4 Å². The maximum absolute atomic E-state index is 6.14. The highest BCUT2D eigenvalue weighted by molar-refractivity contribution is 5.74. The molecule has 2 aromatic rings. The third kappa shape index (κ3) is 6.22. The van der Waals surface area contributed by atoms with E-state index in [1.54, 1.807) is 0 Å². The molecule has 2 unspecified atom stereocenters. The van der Waals surface area contributed by atoms with Crippen LogP contribution in [0.2, 0.25) is 0 Å². The molecular weight excluding hydrogens is 424 g/mol. The van der Waals surface area contributed by atoms with Gasteiger partial charge in [0, 0.05) is 11.1 Å². The maximum Gasteiger partial charge on any atom is 0.123 e. The summed E-state index contributed by atoms with van der Waals surface area (Å²) in [6.45, 7) is 20.5. The van der Waals surface area contributed by atoms with Crippen LogP contribution in [0, 0.1) is 13.8 Å². The lowest BCUT2D eigenvalue weighted by molar-refractivity contribution is 0.258. The van der Waals surface area contributed by atoms with E-state index in [-0.39, 0.29) is 23.0 Å². The zero-order chi connectivity index (χ0) is 24.7. The molecular formula is C30H40O4. The van der Waals surface area contributed by atoms with Crippen molar-refractivity contribution in [2.24, 2.45) is 0 Å². The summed E-state index contributed by atoms with van der Waals surface area (Å²) in [6.07, 6.45) is 4.95. The van der Waals surface area contributed by atoms with Crippen LogP contribution >= 0.6 is 0 Å². The van der Waals surface area contributed by atoms with E-state index in [4.69, 9.17) is 18.9 Å². The van der Waals surface area contributed by atoms with Crippen molar-refractivity contribution >= 4 is 12.2 Å². The van der Waals surface area contributed by atoms with E-state index >= 15 is 0 Å². The number of ether oxygens (including phenoxy) is 4. The smallest absolute Gasteiger partial charge is 0.123 e. The van der Waals surface area contributed by atoms with Gasteiger partial charge in [0.2, 0.25) is 0 Å². The summed E-state index contributed by atoms with van der Waals surface area (Å²) < 4.78 is 22.9. The molecule has 2 aliphatic heterocycles. The van der Waals surface area contributed by atoms with Gasteiger partial charge in [0.15, 0.2) is 0 Å². The molecule has 2 aliphatic rings. The quantitative estimate of drug-likeness (QED) is 0.325. The van der Waals surface area contributed by atoms with Crippen LogP contribution in [0.15, 0.2) is 24.3 Å². The summed E-state index contributed by atoms with van der Waals surface area (Å²) >= 11 is 0. The minimum atomic E-state index is -0.0182. The van der Waals surface area contributed by atoms with Gasteiger partial charge in [-0.25, -0.2) is 0 Å². The summed E-state index contributed by atoms with van der Waals surface area (Å²) in [5.74, 6) is 1.93. The van der Waals surface area contributed by atoms with Gasteiger partial charge in [-0.3, -0.25) is 0 Å². The molecule has 0 aliphatic carbocycles. The Labute approximate surface area is 205 Å². The molecule has 4 nitrogen and oxygen atoms in total. The monoisotopic (exact) mass is 464 g/mol. The van der Waals surface area contributed by atoms with E-state index in [1.807, 2.05) is 0 Å². The van der Waals surface area contributed by atoms with Gasteiger partial charge in [0.1, 0.15) is 36.9 Å². The molecule has 2 aromatic carbocycles. The number of benzene rings is 2. The SMILES string of the molecule is Cc1cc(OCC2CO2)c(C(C)(C)C)cc1C=Cc1cc(C(C)(C)C)c(OCC2CO2)cc1C. The van der Waals surface area contributed by atoms with E-state index < -0.39 is 0 Å². The highest BCUT2D eigenvalue weighted by atomic mass is 16.6. The number of hydrogen-bond donors (Lipinski definition) is 0. The Kier molecular flexibility index (Phi) is 6.85. The molecule has 0 N–H and O–H groups in total. The van der Waals surface area contributed by atoms with Crippen molar-refractivity contribution in [3.05, 3.63) is 57.6 Å².